The quantitative estimate of drug-likeness (QED) is 0.0891. The lowest BCUT2D eigenvalue weighted by atomic mass is 10.2. The van der Waals surface area contributed by atoms with Crippen LogP contribution in [0.15, 0.2) is 69.9 Å². The number of aromatic nitrogens is 6. The monoisotopic (exact) mass is 632 g/mol. The lowest BCUT2D eigenvalue weighted by Gasteiger charge is -2.05. The molecule has 0 fully saturated rings. The molecule has 0 aliphatic rings. The number of benzene rings is 2. The third kappa shape index (κ3) is 8.07. The van der Waals surface area contributed by atoms with Crippen molar-refractivity contribution in [3.8, 4) is 24.7 Å². The molecule has 0 radical (unpaired) electrons. The van der Waals surface area contributed by atoms with E-state index in [1.54, 1.807) is 47.0 Å². The van der Waals surface area contributed by atoms with E-state index in [9.17, 15) is 0 Å². The van der Waals surface area contributed by atoms with Crippen molar-refractivity contribution in [2.45, 2.75) is 8.68 Å². The molecule has 0 spiro atoms. The van der Waals surface area contributed by atoms with Crippen molar-refractivity contribution in [2.75, 3.05) is 23.6 Å². The topological polar surface area (TPSA) is 115 Å². The number of thiazole rings is 2. The zero-order valence-corrected chi connectivity index (χ0v) is 25.7. The van der Waals surface area contributed by atoms with Crippen LogP contribution in [0.2, 0.25) is 5.15 Å². The van der Waals surface area contributed by atoms with E-state index in [0.29, 0.717) is 22.1 Å². The zero-order valence-electron chi connectivity index (χ0n) is 21.7. The van der Waals surface area contributed by atoms with Gasteiger partial charge >= 0.3 is 0 Å². The number of rotatable bonds is 4. The number of hydrogen-bond donors (Lipinski definition) is 2. The maximum absolute atomic E-state index is 5.84. The molecule has 41 heavy (non-hydrogen) atoms. The molecule has 0 amide bonds. The van der Waals surface area contributed by atoms with Gasteiger partial charge in [-0.15, -0.1) is 35.5 Å². The average Bonchev–Trinajstić information content (AvgIpc) is 3.63. The number of terminal acetylenes is 2. The van der Waals surface area contributed by atoms with Crippen LogP contribution in [0.3, 0.4) is 0 Å². The summed E-state index contributed by atoms with van der Waals surface area (Å²) in [4.78, 5) is 25.0. The van der Waals surface area contributed by atoms with Gasteiger partial charge in [0, 0.05) is 22.5 Å². The van der Waals surface area contributed by atoms with Crippen molar-refractivity contribution in [3.05, 3.63) is 77.5 Å². The molecule has 0 saturated heterocycles. The molecular formula is C28H21ClN8S4. The fourth-order valence-corrected chi connectivity index (χ4v) is 6.25. The molecule has 204 valence electrons. The molecule has 3 N–H and O–H groups in total. The average molecular weight is 633 g/mol. The van der Waals surface area contributed by atoms with E-state index in [2.05, 4.69) is 47.1 Å². The number of nitrogens with zero attached hydrogens (tertiary/aromatic N) is 6. The Labute approximate surface area is 258 Å². The van der Waals surface area contributed by atoms with Crippen LogP contribution in [0.1, 0.15) is 11.1 Å². The van der Waals surface area contributed by atoms with Crippen LogP contribution in [0, 0.1) is 24.7 Å². The summed E-state index contributed by atoms with van der Waals surface area (Å²) in [5.41, 5.74) is 10.1. The van der Waals surface area contributed by atoms with Gasteiger partial charge in [-0.05, 0) is 48.9 Å². The highest BCUT2D eigenvalue weighted by molar-refractivity contribution is 8.00. The van der Waals surface area contributed by atoms with E-state index in [1.165, 1.54) is 24.0 Å². The SMILES string of the molecule is C#Cc1cccc(N)c1.C#Cc1cccc(Nc2ncnc3nc(SC)sc23)c1.CSc1nc2ncnc(Cl)c2s1. The van der Waals surface area contributed by atoms with E-state index in [-0.39, 0.29) is 0 Å². The normalized spacial score (nSPS) is 10.1. The Balaban J connectivity index is 0.000000156. The third-order valence-electron chi connectivity index (χ3n) is 4.99. The minimum absolute atomic E-state index is 0.484. The van der Waals surface area contributed by atoms with Gasteiger partial charge in [-0.25, -0.2) is 29.9 Å². The summed E-state index contributed by atoms with van der Waals surface area (Å²) in [6.45, 7) is 0. The Morgan fingerprint density at radius 2 is 1.39 bits per heavy atom. The Kier molecular flexibility index (Phi) is 10.7. The van der Waals surface area contributed by atoms with E-state index in [1.807, 2.05) is 48.9 Å². The van der Waals surface area contributed by atoms with E-state index in [4.69, 9.17) is 30.2 Å². The van der Waals surface area contributed by atoms with Gasteiger partial charge in [0.15, 0.2) is 30.9 Å². The maximum Gasteiger partial charge on any atom is 0.176 e. The Morgan fingerprint density at radius 3 is 1.98 bits per heavy atom. The summed E-state index contributed by atoms with van der Waals surface area (Å²) in [6, 6.07) is 14.9. The Morgan fingerprint density at radius 1 is 0.805 bits per heavy atom. The van der Waals surface area contributed by atoms with Gasteiger partial charge in [0.25, 0.3) is 0 Å². The summed E-state index contributed by atoms with van der Waals surface area (Å²) in [5.74, 6) is 5.86. The molecule has 0 bridgehead atoms. The number of anilines is 3. The minimum Gasteiger partial charge on any atom is -0.399 e. The number of nitrogen functional groups attached to an aromatic ring is 1. The van der Waals surface area contributed by atoms with Crippen LogP contribution in [-0.4, -0.2) is 42.4 Å². The summed E-state index contributed by atoms with van der Waals surface area (Å²) in [5, 5.41) is 3.76. The fourth-order valence-electron chi connectivity index (χ4n) is 3.16. The first-order chi connectivity index (χ1) is 19.9. The third-order valence-corrected chi connectivity index (χ3v) is 9.47. The lowest BCUT2D eigenvalue weighted by Crippen LogP contribution is -1.94. The van der Waals surface area contributed by atoms with E-state index < -0.39 is 0 Å². The molecule has 0 aliphatic carbocycles. The molecule has 0 saturated carbocycles. The first-order valence-corrected chi connectivity index (χ1v) is 16.0. The number of hydrogen-bond acceptors (Lipinski definition) is 12. The number of thioether (sulfide) groups is 2. The Bertz CT molecular complexity index is 1870. The molecule has 8 nitrogen and oxygen atoms in total. The number of nitrogens with two attached hydrogens (primary N) is 1. The molecule has 0 unspecified atom stereocenters. The van der Waals surface area contributed by atoms with Gasteiger partial charge in [0.2, 0.25) is 0 Å². The molecular weight excluding hydrogens is 612 g/mol. The maximum atomic E-state index is 5.84. The van der Waals surface area contributed by atoms with Crippen molar-refractivity contribution >= 4 is 95.7 Å². The Hall–Kier alpha value is -3.91. The second-order valence-electron chi connectivity index (χ2n) is 7.68. The number of fused-ring (bicyclic) bond motifs is 2. The first-order valence-electron chi connectivity index (χ1n) is 11.6. The second kappa shape index (κ2) is 14.6. The van der Waals surface area contributed by atoms with Crippen molar-refractivity contribution in [3.63, 3.8) is 0 Å². The first kappa shape index (κ1) is 30.1. The highest BCUT2D eigenvalue weighted by atomic mass is 35.5. The van der Waals surface area contributed by atoms with Crippen LogP contribution in [0.5, 0.6) is 0 Å². The van der Waals surface area contributed by atoms with Crippen LogP contribution in [-0.2, 0) is 0 Å². The zero-order chi connectivity index (χ0) is 29.2. The van der Waals surface area contributed by atoms with Crippen LogP contribution in [0.4, 0.5) is 17.2 Å². The largest absolute Gasteiger partial charge is 0.399 e. The number of halogens is 1. The van der Waals surface area contributed by atoms with E-state index >= 15 is 0 Å². The smallest absolute Gasteiger partial charge is 0.176 e. The van der Waals surface area contributed by atoms with Crippen molar-refractivity contribution in [1.29, 1.82) is 0 Å². The molecule has 4 heterocycles. The minimum atomic E-state index is 0.484. The molecule has 0 atom stereocenters. The van der Waals surface area contributed by atoms with Crippen LogP contribution in [0.25, 0.3) is 20.7 Å². The molecule has 2 aromatic carbocycles. The summed E-state index contributed by atoms with van der Waals surface area (Å²) in [6.07, 6.45) is 17.4. The highest BCUT2D eigenvalue weighted by Gasteiger charge is 2.10. The predicted molar refractivity (Wildman–Crippen MR) is 175 cm³/mol. The molecule has 6 rings (SSSR count). The van der Waals surface area contributed by atoms with Crippen molar-refractivity contribution in [2.24, 2.45) is 0 Å². The standard InChI is InChI=1S/C14H10N4S2.C8H7N.C6H4ClN3S2/c1-3-9-5-4-6-10(7-9)17-12-11-13(16-8-15-12)18-14(19-2)20-11;1-2-7-4-3-5-8(9)6-7;1-11-6-10-5-3(12-6)4(7)8-2-9-5/h1,4-8H,2H3,(H,15,16,17);1,3-6H,9H2;2H,1H3. The lowest BCUT2D eigenvalue weighted by molar-refractivity contribution is 1.17. The molecule has 13 heteroatoms. The number of nitrogens with one attached hydrogen (secondary N) is 1. The van der Waals surface area contributed by atoms with Gasteiger partial charge in [0.1, 0.15) is 22.1 Å². The molecule has 4 aromatic heterocycles. The van der Waals surface area contributed by atoms with Gasteiger partial charge in [-0.2, -0.15) is 0 Å². The highest BCUT2D eigenvalue weighted by Crippen LogP contribution is 2.32. The van der Waals surface area contributed by atoms with Crippen molar-refractivity contribution < 1.29 is 0 Å². The van der Waals surface area contributed by atoms with Crippen molar-refractivity contribution in [1.82, 2.24) is 29.9 Å². The van der Waals surface area contributed by atoms with E-state index in [0.717, 1.165) is 40.7 Å². The van der Waals surface area contributed by atoms with Crippen LogP contribution >= 0.6 is 57.8 Å². The molecule has 0 aliphatic heterocycles. The van der Waals surface area contributed by atoms with Gasteiger partial charge in [0.05, 0.1) is 0 Å². The summed E-state index contributed by atoms with van der Waals surface area (Å²) >= 11 is 12.1. The predicted octanol–water partition coefficient (Wildman–Crippen LogP) is 7.24. The van der Waals surface area contributed by atoms with Crippen LogP contribution < -0.4 is 11.1 Å². The van der Waals surface area contributed by atoms with Gasteiger partial charge in [-0.3, -0.25) is 0 Å². The summed E-state index contributed by atoms with van der Waals surface area (Å²) < 4.78 is 3.75. The summed E-state index contributed by atoms with van der Waals surface area (Å²) in [7, 11) is 0. The van der Waals surface area contributed by atoms with Gasteiger partial charge in [-0.1, -0.05) is 59.1 Å². The van der Waals surface area contributed by atoms with Gasteiger partial charge < -0.3 is 11.1 Å². The second-order valence-corrected chi connectivity index (χ2v) is 12.1. The fraction of sp³-hybridized carbons (Fsp3) is 0.0714. The molecule has 6 aromatic rings.